The molecule has 8 nitrogen and oxygen atoms in total. The Kier molecular flexibility index (Phi) is 8.98. The quantitative estimate of drug-likeness (QED) is 0.356. The monoisotopic (exact) mass is 611 g/mol. The summed E-state index contributed by atoms with van der Waals surface area (Å²) < 4.78 is 30.6. The van der Waals surface area contributed by atoms with Gasteiger partial charge in [0.15, 0.2) is 0 Å². The van der Waals surface area contributed by atoms with Crippen molar-refractivity contribution in [3.8, 4) is 5.69 Å². The summed E-state index contributed by atoms with van der Waals surface area (Å²) in [6, 6.07) is 7.15. The molecule has 1 aromatic heterocycles. The van der Waals surface area contributed by atoms with Crippen LogP contribution in [0.1, 0.15) is 56.4 Å². The number of likely N-dealkylation sites (tertiary alicyclic amines) is 1. The highest BCUT2D eigenvalue weighted by Crippen LogP contribution is 2.35. The van der Waals surface area contributed by atoms with E-state index in [1.807, 2.05) is 34.6 Å². The van der Waals surface area contributed by atoms with Gasteiger partial charge in [0.05, 0.1) is 26.8 Å². The van der Waals surface area contributed by atoms with Gasteiger partial charge in [-0.25, -0.2) is 13.1 Å². The van der Waals surface area contributed by atoms with Crippen molar-refractivity contribution in [2.24, 2.45) is 5.92 Å². The second-order valence-corrected chi connectivity index (χ2v) is 13.5. The molecule has 1 saturated heterocycles. The molecule has 0 bridgehead atoms. The number of aryl methyl sites for hydroxylation is 2. The summed E-state index contributed by atoms with van der Waals surface area (Å²) in [7, 11) is -3.88. The van der Waals surface area contributed by atoms with E-state index >= 15 is 0 Å². The molecule has 3 unspecified atom stereocenters. The molecule has 2 heterocycles. The molecular weight excluding hydrogens is 581 g/mol. The number of benzene rings is 2. The van der Waals surface area contributed by atoms with Crippen LogP contribution >= 0.6 is 34.8 Å². The molecular formula is C27H32Cl3N5O3S. The normalized spacial score (nSPS) is 18.9. The van der Waals surface area contributed by atoms with Crippen LogP contribution in [-0.2, 0) is 14.8 Å². The number of carbonyl (C=O) groups is 1. The minimum atomic E-state index is -3.88. The molecule has 3 aromatic rings. The first-order valence-corrected chi connectivity index (χ1v) is 15.4. The first kappa shape index (κ1) is 29.8. The standard InChI is InChI=1S/C27H32Cl3N5O3S/c1-15(2)25(32-39(37,38)21-7-6-16(3)17(4)10-21)27(36)34-9-8-19(11-18(34)5)24-14-35(33-31-24)26-22(29)12-20(28)13-23(26)30/h6-7,10,12-15,18-19,25,32H,8-9,11H2,1-5H3. The van der Waals surface area contributed by atoms with Gasteiger partial charge in [-0.15, -0.1) is 5.10 Å². The molecule has 2 aromatic carbocycles. The highest BCUT2D eigenvalue weighted by molar-refractivity contribution is 7.89. The van der Waals surface area contributed by atoms with Gasteiger partial charge >= 0.3 is 0 Å². The molecule has 39 heavy (non-hydrogen) atoms. The molecule has 1 aliphatic rings. The lowest BCUT2D eigenvalue weighted by Gasteiger charge is -2.39. The van der Waals surface area contributed by atoms with Crippen molar-refractivity contribution in [1.82, 2.24) is 24.6 Å². The lowest BCUT2D eigenvalue weighted by atomic mass is 9.88. The zero-order chi connectivity index (χ0) is 28.6. The number of piperidine rings is 1. The lowest BCUT2D eigenvalue weighted by molar-refractivity contribution is -0.137. The van der Waals surface area contributed by atoms with Crippen LogP contribution < -0.4 is 4.72 Å². The Balaban J connectivity index is 1.48. The fraction of sp³-hybridized carbons (Fsp3) is 0.444. The van der Waals surface area contributed by atoms with Crippen molar-refractivity contribution in [3.63, 3.8) is 0 Å². The topological polar surface area (TPSA) is 97.2 Å². The van der Waals surface area contributed by atoms with Gasteiger partial charge in [-0.3, -0.25) is 4.79 Å². The number of carbonyl (C=O) groups excluding carboxylic acids is 1. The molecule has 1 amide bonds. The van der Waals surface area contributed by atoms with Crippen molar-refractivity contribution in [2.75, 3.05) is 6.54 Å². The molecule has 1 fully saturated rings. The maximum Gasteiger partial charge on any atom is 0.241 e. The Morgan fingerprint density at radius 1 is 1.08 bits per heavy atom. The van der Waals surface area contributed by atoms with Crippen LogP contribution in [0.25, 0.3) is 5.69 Å². The van der Waals surface area contributed by atoms with Gasteiger partial charge in [0, 0.05) is 23.5 Å². The molecule has 0 saturated carbocycles. The number of rotatable bonds is 7. The van der Waals surface area contributed by atoms with Gasteiger partial charge in [0.1, 0.15) is 11.7 Å². The Labute approximate surface area is 244 Å². The van der Waals surface area contributed by atoms with E-state index in [9.17, 15) is 13.2 Å². The molecule has 0 spiro atoms. The van der Waals surface area contributed by atoms with Crippen LogP contribution in [0, 0.1) is 19.8 Å². The van der Waals surface area contributed by atoms with Crippen LogP contribution in [-0.4, -0.2) is 52.8 Å². The largest absolute Gasteiger partial charge is 0.339 e. The number of hydrogen-bond donors (Lipinski definition) is 1. The molecule has 0 aliphatic carbocycles. The van der Waals surface area contributed by atoms with Gasteiger partial charge in [-0.05, 0) is 74.9 Å². The van der Waals surface area contributed by atoms with Crippen molar-refractivity contribution < 1.29 is 13.2 Å². The zero-order valence-corrected chi connectivity index (χ0v) is 25.5. The first-order valence-electron chi connectivity index (χ1n) is 12.8. The van der Waals surface area contributed by atoms with E-state index in [1.165, 1.54) is 4.68 Å². The second-order valence-electron chi connectivity index (χ2n) is 10.5. The van der Waals surface area contributed by atoms with E-state index in [0.717, 1.165) is 16.8 Å². The average Bonchev–Trinajstić information content (AvgIpc) is 3.32. The summed E-state index contributed by atoms with van der Waals surface area (Å²) in [6.45, 7) is 9.91. The van der Waals surface area contributed by atoms with E-state index < -0.39 is 16.1 Å². The molecule has 12 heteroatoms. The number of halogens is 3. The smallest absolute Gasteiger partial charge is 0.241 e. The highest BCUT2D eigenvalue weighted by atomic mass is 35.5. The predicted molar refractivity (Wildman–Crippen MR) is 154 cm³/mol. The number of aromatic nitrogens is 3. The van der Waals surface area contributed by atoms with Gasteiger partial charge in [0.2, 0.25) is 15.9 Å². The zero-order valence-electron chi connectivity index (χ0n) is 22.5. The predicted octanol–water partition coefficient (Wildman–Crippen LogP) is 5.94. The summed E-state index contributed by atoms with van der Waals surface area (Å²) in [4.78, 5) is 15.6. The molecule has 1 aliphatic heterocycles. The number of nitrogens with zero attached hydrogens (tertiary/aromatic N) is 4. The second kappa shape index (κ2) is 11.7. The first-order chi connectivity index (χ1) is 18.3. The maximum absolute atomic E-state index is 13.6. The summed E-state index contributed by atoms with van der Waals surface area (Å²) >= 11 is 18.7. The fourth-order valence-electron chi connectivity index (χ4n) is 4.86. The minimum absolute atomic E-state index is 0.0624. The van der Waals surface area contributed by atoms with Gasteiger partial charge in [-0.2, -0.15) is 4.72 Å². The van der Waals surface area contributed by atoms with E-state index in [0.29, 0.717) is 40.1 Å². The third-order valence-corrected chi connectivity index (χ3v) is 9.54. The van der Waals surface area contributed by atoms with Crippen LogP contribution in [0.3, 0.4) is 0 Å². The summed E-state index contributed by atoms with van der Waals surface area (Å²) in [5, 5.41) is 9.72. The molecule has 0 radical (unpaired) electrons. The minimum Gasteiger partial charge on any atom is -0.339 e. The SMILES string of the molecule is Cc1ccc(S(=O)(=O)NC(C(=O)N2CCC(c3cn(-c4c(Cl)cc(Cl)cc4Cl)nn3)CC2C)C(C)C)cc1C. The Morgan fingerprint density at radius 3 is 2.33 bits per heavy atom. The van der Waals surface area contributed by atoms with Crippen molar-refractivity contribution in [1.29, 1.82) is 0 Å². The third-order valence-electron chi connectivity index (χ3n) is 7.30. The number of sulfonamides is 1. The molecule has 210 valence electrons. The summed E-state index contributed by atoms with van der Waals surface area (Å²) in [5.41, 5.74) is 3.14. The van der Waals surface area contributed by atoms with Gasteiger partial charge in [-0.1, -0.05) is 59.9 Å². The van der Waals surface area contributed by atoms with Crippen LogP contribution in [0.4, 0.5) is 0 Å². The molecule has 4 rings (SSSR count). The van der Waals surface area contributed by atoms with Crippen LogP contribution in [0.5, 0.6) is 0 Å². The third kappa shape index (κ3) is 6.43. The van der Waals surface area contributed by atoms with Crippen molar-refractivity contribution in [3.05, 3.63) is 68.4 Å². The number of nitrogens with one attached hydrogen (secondary N) is 1. The van der Waals surface area contributed by atoms with E-state index in [2.05, 4.69) is 15.0 Å². The van der Waals surface area contributed by atoms with Crippen molar-refractivity contribution in [2.45, 2.75) is 70.4 Å². The molecule has 1 N–H and O–H groups in total. The van der Waals surface area contributed by atoms with Crippen LogP contribution in [0.15, 0.2) is 41.4 Å². The van der Waals surface area contributed by atoms with Gasteiger partial charge in [0.25, 0.3) is 0 Å². The van der Waals surface area contributed by atoms with E-state index in [1.54, 1.807) is 41.4 Å². The van der Waals surface area contributed by atoms with E-state index in [-0.39, 0.29) is 28.7 Å². The van der Waals surface area contributed by atoms with Gasteiger partial charge < -0.3 is 4.90 Å². The summed E-state index contributed by atoms with van der Waals surface area (Å²) in [5.74, 6) is -0.406. The Bertz CT molecular complexity index is 1470. The average molecular weight is 613 g/mol. The number of hydrogen-bond acceptors (Lipinski definition) is 5. The number of amides is 1. The fourth-order valence-corrected chi connectivity index (χ4v) is 7.27. The Morgan fingerprint density at radius 2 is 1.74 bits per heavy atom. The van der Waals surface area contributed by atoms with Crippen molar-refractivity contribution >= 4 is 50.7 Å². The summed E-state index contributed by atoms with van der Waals surface area (Å²) in [6.07, 6.45) is 3.11. The van der Waals surface area contributed by atoms with Crippen LogP contribution in [0.2, 0.25) is 15.1 Å². The Hall–Kier alpha value is -2.17. The maximum atomic E-state index is 13.6. The highest BCUT2D eigenvalue weighted by Gasteiger charge is 2.37. The lowest BCUT2D eigenvalue weighted by Crippen LogP contribution is -2.55. The van der Waals surface area contributed by atoms with E-state index in [4.69, 9.17) is 34.8 Å². The molecule has 3 atom stereocenters.